The molecule has 0 aromatic heterocycles. The normalized spacial score (nSPS) is 10.2. The Kier molecular flexibility index (Phi) is 8.44. The quantitative estimate of drug-likeness (QED) is 0.801. The topological polar surface area (TPSA) is 23.6 Å². The third-order valence-electron chi connectivity index (χ3n) is 3.28. The van der Waals surface area contributed by atoms with Gasteiger partial charge in [-0.15, -0.1) is 12.4 Å². The van der Waals surface area contributed by atoms with E-state index in [0.29, 0.717) is 13.1 Å². The third kappa shape index (κ3) is 4.84. The number of hydrogen-bond acceptors (Lipinski definition) is 2. The van der Waals surface area contributed by atoms with Gasteiger partial charge in [-0.2, -0.15) is 0 Å². The van der Waals surface area contributed by atoms with Crippen molar-refractivity contribution in [2.45, 2.75) is 27.7 Å². The molecule has 108 valence electrons. The summed E-state index contributed by atoms with van der Waals surface area (Å²) in [4.78, 5) is 16.4. The van der Waals surface area contributed by atoms with Crippen molar-refractivity contribution in [2.24, 2.45) is 0 Å². The summed E-state index contributed by atoms with van der Waals surface area (Å²) in [6.07, 6.45) is 0. The van der Waals surface area contributed by atoms with Crippen LogP contribution in [0.2, 0.25) is 0 Å². The zero-order chi connectivity index (χ0) is 13.5. The van der Waals surface area contributed by atoms with Crippen LogP contribution in [0.25, 0.3) is 0 Å². The first-order valence-corrected chi connectivity index (χ1v) is 6.72. The molecule has 0 fully saturated rings. The number of benzene rings is 1. The van der Waals surface area contributed by atoms with E-state index in [9.17, 15) is 4.79 Å². The standard InChI is InChI=1S/C15H24N2O.ClH/c1-5-16(6-2)12-15(18)17(7-3)14-11-9-8-10-13(14)4;/h8-11H,5-7,12H2,1-4H3;1H. The Labute approximate surface area is 123 Å². The smallest absolute Gasteiger partial charge is 0.241 e. The lowest BCUT2D eigenvalue weighted by molar-refractivity contribution is -0.119. The Hall–Kier alpha value is -1.06. The van der Waals surface area contributed by atoms with Gasteiger partial charge in [0.05, 0.1) is 6.54 Å². The molecular formula is C15H25ClN2O. The van der Waals surface area contributed by atoms with Crippen molar-refractivity contribution in [1.29, 1.82) is 0 Å². The number of aryl methyl sites for hydroxylation is 1. The van der Waals surface area contributed by atoms with E-state index in [-0.39, 0.29) is 18.3 Å². The molecule has 0 heterocycles. The molecule has 0 aliphatic heterocycles. The fraction of sp³-hybridized carbons (Fsp3) is 0.533. The van der Waals surface area contributed by atoms with E-state index >= 15 is 0 Å². The van der Waals surface area contributed by atoms with Crippen molar-refractivity contribution >= 4 is 24.0 Å². The molecule has 0 spiro atoms. The first-order valence-electron chi connectivity index (χ1n) is 6.72. The summed E-state index contributed by atoms with van der Waals surface area (Å²) >= 11 is 0. The van der Waals surface area contributed by atoms with Crippen molar-refractivity contribution in [3.8, 4) is 0 Å². The van der Waals surface area contributed by atoms with E-state index in [1.165, 1.54) is 0 Å². The highest BCUT2D eigenvalue weighted by molar-refractivity contribution is 5.95. The van der Waals surface area contributed by atoms with Gasteiger partial charge in [0.15, 0.2) is 0 Å². The van der Waals surface area contributed by atoms with Crippen LogP contribution in [0.1, 0.15) is 26.3 Å². The Morgan fingerprint density at radius 2 is 1.63 bits per heavy atom. The maximum atomic E-state index is 12.3. The molecule has 0 radical (unpaired) electrons. The van der Waals surface area contributed by atoms with Crippen molar-refractivity contribution in [3.05, 3.63) is 29.8 Å². The summed E-state index contributed by atoms with van der Waals surface area (Å²) in [5.41, 5.74) is 2.17. The second kappa shape index (κ2) is 8.94. The van der Waals surface area contributed by atoms with Gasteiger partial charge in [-0.05, 0) is 38.6 Å². The highest BCUT2D eigenvalue weighted by Crippen LogP contribution is 2.19. The number of nitrogens with zero attached hydrogens (tertiary/aromatic N) is 2. The molecule has 0 bridgehead atoms. The minimum absolute atomic E-state index is 0. The third-order valence-corrected chi connectivity index (χ3v) is 3.28. The molecule has 0 aliphatic rings. The molecular weight excluding hydrogens is 260 g/mol. The van der Waals surface area contributed by atoms with Crippen LogP contribution in [0.5, 0.6) is 0 Å². The van der Waals surface area contributed by atoms with Crippen LogP contribution >= 0.6 is 12.4 Å². The lowest BCUT2D eigenvalue weighted by Gasteiger charge is -2.26. The van der Waals surface area contributed by atoms with Gasteiger partial charge < -0.3 is 4.90 Å². The molecule has 1 aromatic rings. The predicted molar refractivity (Wildman–Crippen MR) is 84.2 cm³/mol. The van der Waals surface area contributed by atoms with Gasteiger partial charge in [0.1, 0.15) is 0 Å². The van der Waals surface area contributed by atoms with Crippen LogP contribution < -0.4 is 4.90 Å². The Morgan fingerprint density at radius 1 is 1.05 bits per heavy atom. The fourth-order valence-corrected chi connectivity index (χ4v) is 2.07. The highest BCUT2D eigenvalue weighted by Gasteiger charge is 2.17. The summed E-state index contributed by atoms with van der Waals surface area (Å²) < 4.78 is 0. The summed E-state index contributed by atoms with van der Waals surface area (Å²) in [7, 11) is 0. The number of rotatable bonds is 6. The monoisotopic (exact) mass is 284 g/mol. The molecule has 0 saturated heterocycles. The van der Waals surface area contributed by atoms with Crippen LogP contribution in [0.4, 0.5) is 5.69 Å². The number of halogens is 1. The molecule has 19 heavy (non-hydrogen) atoms. The molecule has 0 atom stereocenters. The van der Waals surface area contributed by atoms with Gasteiger partial charge in [-0.3, -0.25) is 9.69 Å². The van der Waals surface area contributed by atoms with E-state index in [4.69, 9.17) is 0 Å². The lowest BCUT2D eigenvalue weighted by atomic mass is 10.2. The van der Waals surface area contributed by atoms with E-state index in [1.807, 2.05) is 43.0 Å². The van der Waals surface area contributed by atoms with Gasteiger partial charge in [0.25, 0.3) is 0 Å². The zero-order valence-corrected chi connectivity index (χ0v) is 13.2. The fourth-order valence-electron chi connectivity index (χ4n) is 2.07. The maximum absolute atomic E-state index is 12.3. The molecule has 0 aliphatic carbocycles. The number of likely N-dealkylation sites (N-methyl/N-ethyl adjacent to an activating group) is 2. The van der Waals surface area contributed by atoms with E-state index in [2.05, 4.69) is 18.7 Å². The van der Waals surface area contributed by atoms with Crippen LogP contribution in [-0.4, -0.2) is 37.0 Å². The van der Waals surface area contributed by atoms with Gasteiger partial charge in [0.2, 0.25) is 5.91 Å². The van der Waals surface area contributed by atoms with Gasteiger partial charge in [0, 0.05) is 12.2 Å². The number of amides is 1. The molecule has 0 unspecified atom stereocenters. The van der Waals surface area contributed by atoms with Crippen LogP contribution in [0.3, 0.4) is 0 Å². The first kappa shape index (κ1) is 17.9. The number of carbonyl (C=O) groups excluding carboxylic acids is 1. The molecule has 1 rings (SSSR count). The molecule has 0 N–H and O–H groups in total. The molecule has 0 saturated carbocycles. The molecule has 4 heteroatoms. The van der Waals surface area contributed by atoms with Crippen molar-refractivity contribution in [2.75, 3.05) is 31.1 Å². The van der Waals surface area contributed by atoms with Gasteiger partial charge in [-0.1, -0.05) is 32.0 Å². The highest BCUT2D eigenvalue weighted by atomic mass is 35.5. The minimum Gasteiger partial charge on any atom is -0.311 e. The largest absolute Gasteiger partial charge is 0.311 e. The average Bonchev–Trinajstić information content (AvgIpc) is 2.39. The van der Waals surface area contributed by atoms with Crippen LogP contribution in [-0.2, 0) is 4.79 Å². The molecule has 1 amide bonds. The second-order valence-electron chi connectivity index (χ2n) is 4.39. The van der Waals surface area contributed by atoms with E-state index in [1.54, 1.807) is 0 Å². The Bertz CT molecular complexity index is 391. The minimum atomic E-state index is 0. The molecule has 1 aromatic carbocycles. The van der Waals surface area contributed by atoms with E-state index in [0.717, 1.165) is 24.3 Å². The van der Waals surface area contributed by atoms with E-state index < -0.39 is 0 Å². The SMILES string of the molecule is CCN(CC)CC(=O)N(CC)c1ccccc1C.Cl. The maximum Gasteiger partial charge on any atom is 0.241 e. The number of hydrogen-bond donors (Lipinski definition) is 0. The predicted octanol–water partition coefficient (Wildman–Crippen LogP) is 3.11. The number of carbonyl (C=O) groups is 1. The number of para-hydroxylation sites is 1. The lowest BCUT2D eigenvalue weighted by Crippen LogP contribution is -2.40. The average molecular weight is 285 g/mol. The summed E-state index contributed by atoms with van der Waals surface area (Å²) in [5.74, 6) is 0.176. The summed E-state index contributed by atoms with van der Waals surface area (Å²) in [6.45, 7) is 11.3. The van der Waals surface area contributed by atoms with Crippen LogP contribution in [0, 0.1) is 6.92 Å². The Morgan fingerprint density at radius 3 is 2.11 bits per heavy atom. The number of anilines is 1. The van der Waals surface area contributed by atoms with Gasteiger partial charge in [-0.25, -0.2) is 0 Å². The Balaban J connectivity index is 0.00000324. The summed E-state index contributed by atoms with van der Waals surface area (Å²) in [5, 5.41) is 0. The molecule has 3 nitrogen and oxygen atoms in total. The van der Waals surface area contributed by atoms with Gasteiger partial charge >= 0.3 is 0 Å². The first-order chi connectivity index (χ1) is 8.63. The summed E-state index contributed by atoms with van der Waals surface area (Å²) in [6, 6.07) is 8.04. The van der Waals surface area contributed by atoms with Crippen molar-refractivity contribution in [1.82, 2.24) is 4.90 Å². The second-order valence-corrected chi connectivity index (χ2v) is 4.39. The van der Waals surface area contributed by atoms with Crippen LogP contribution in [0.15, 0.2) is 24.3 Å². The van der Waals surface area contributed by atoms with Crippen molar-refractivity contribution in [3.63, 3.8) is 0 Å². The zero-order valence-electron chi connectivity index (χ0n) is 12.3. The van der Waals surface area contributed by atoms with Crippen molar-refractivity contribution < 1.29 is 4.79 Å².